The molecule has 1 rings (SSSR count). The zero-order valence-electron chi connectivity index (χ0n) is 14.7. The summed E-state index contributed by atoms with van der Waals surface area (Å²) in [6.07, 6.45) is 8.45. The summed E-state index contributed by atoms with van der Waals surface area (Å²) in [5, 5.41) is 12.7. The highest BCUT2D eigenvalue weighted by Gasteiger charge is 2.14. The molecular weight excluding hydrogens is 292 g/mol. The van der Waals surface area contributed by atoms with Crippen LogP contribution in [0.15, 0.2) is 4.79 Å². The van der Waals surface area contributed by atoms with E-state index in [9.17, 15) is 9.59 Å². The molecule has 23 heavy (non-hydrogen) atoms. The Balaban J connectivity index is 2.63. The van der Waals surface area contributed by atoms with Gasteiger partial charge in [-0.1, -0.05) is 58.1 Å². The molecule has 1 amide bonds. The fourth-order valence-corrected chi connectivity index (χ4v) is 2.62. The molecule has 0 aromatic carbocycles. The van der Waals surface area contributed by atoms with E-state index >= 15 is 0 Å². The Morgan fingerprint density at radius 2 is 1.91 bits per heavy atom. The van der Waals surface area contributed by atoms with Crippen LogP contribution in [0.25, 0.3) is 0 Å². The van der Waals surface area contributed by atoms with E-state index in [0.29, 0.717) is 24.5 Å². The molecule has 0 aliphatic carbocycles. The van der Waals surface area contributed by atoms with Crippen LogP contribution in [0.2, 0.25) is 0 Å². The van der Waals surface area contributed by atoms with Crippen LogP contribution in [0.3, 0.4) is 0 Å². The maximum absolute atomic E-state index is 12.1. The Kier molecular flexibility index (Phi) is 9.17. The van der Waals surface area contributed by atoms with Gasteiger partial charge in [0.25, 0.3) is 5.56 Å². The van der Waals surface area contributed by atoms with Crippen molar-refractivity contribution >= 4 is 11.6 Å². The van der Waals surface area contributed by atoms with Crippen molar-refractivity contribution in [2.45, 2.75) is 78.6 Å². The predicted octanol–water partition coefficient (Wildman–Crippen LogP) is 3.44. The summed E-state index contributed by atoms with van der Waals surface area (Å²) in [5.74, 6) is 0.438. The van der Waals surface area contributed by atoms with Gasteiger partial charge in [-0.2, -0.15) is 0 Å². The molecule has 1 heterocycles. The monoisotopic (exact) mass is 322 g/mol. The number of hydrogen-bond donors (Lipinski definition) is 2. The van der Waals surface area contributed by atoms with Gasteiger partial charge in [-0.3, -0.25) is 9.59 Å². The quantitative estimate of drug-likeness (QED) is 0.611. The lowest BCUT2D eigenvalue weighted by Crippen LogP contribution is -2.24. The van der Waals surface area contributed by atoms with Crippen LogP contribution in [0.4, 0.5) is 5.69 Å². The molecule has 6 heteroatoms. The van der Waals surface area contributed by atoms with Crippen molar-refractivity contribution in [3.63, 3.8) is 0 Å². The van der Waals surface area contributed by atoms with E-state index in [2.05, 4.69) is 41.5 Å². The van der Waals surface area contributed by atoms with Gasteiger partial charge in [0, 0.05) is 6.42 Å². The molecule has 0 fully saturated rings. The number of amides is 1. The highest BCUT2D eigenvalue weighted by Crippen LogP contribution is 2.16. The van der Waals surface area contributed by atoms with Crippen molar-refractivity contribution in [1.82, 2.24) is 15.4 Å². The molecule has 0 aliphatic rings. The van der Waals surface area contributed by atoms with Gasteiger partial charge in [0.1, 0.15) is 5.69 Å². The summed E-state index contributed by atoms with van der Waals surface area (Å²) in [5.41, 5.74) is 0.480. The summed E-state index contributed by atoms with van der Waals surface area (Å²) < 4.78 is 0. The van der Waals surface area contributed by atoms with E-state index in [1.807, 2.05) is 0 Å². The van der Waals surface area contributed by atoms with Gasteiger partial charge < -0.3 is 5.32 Å². The predicted molar refractivity (Wildman–Crippen MR) is 92.4 cm³/mol. The van der Waals surface area contributed by atoms with Crippen molar-refractivity contribution in [3.05, 3.63) is 16.0 Å². The molecule has 6 nitrogen and oxygen atoms in total. The second-order valence-corrected chi connectivity index (χ2v) is 6.04. The lowest BCUT2D eigenvalue weighted by molar-refractivity contribution is -0.116. The molecule has 0 aliphatic heterocycles. The number of aromatic nitrogens is 3. The first kappa shape index (κ1) is 19.3. The van der Waals surface area contributed by atoms with Crippen LogP contribution in [0, 0.1) is 5.92 Å². The summed E-state index contributed by atoms with van der Waals surface area (Å²) in [6, 6.07) is 0. The third-order valence-corrected chi connectivity index (χ3v) is 4.30. The maximum Gasteiger partial charge on any atom is 0.291 e. The average Bonchev–Trinajstić information content (AvgIpc) is 2.55. The Labute approximate surface area is 138 Å². The third kappa shape index (κ3) is 6.93. The molecule has 0 radical (unpaired) electrons. The van der Waals surface area contributed by atoms with Crippen LogP contribution in [-0.4, -0.2) is 21.3 Å². The Morgan fingerprint density at radius 3 is 2.57 bits per heavy atom. The van der Waals surface area contributed by atoms with Crippen molar-refractivity contribution in [1.29, 1.82) is 0 Å². The summed E-state index contributed by atoms with van der Waals surface area (Å²) in [7, 11) is 0. The Morgan fingerprint density at radius 1 is 1.17 bits per heavy atom. The number of nitrogens with one attached hydrogen (secondary N) is 2. The van der Waals surface area contributed by atoms with E-state index in [0.717, 1.165) is 44.9 Å². The van der Waals surface area contributed by atoms with Gasteiger partial charge in [0.15, 0.2) is 0 Å². The van der Waals surface area contributed by atoms with Crippen molar-refractivity contribution in [2.24, 2.45) is 5.92 Å². The molecule has 130 valence electrons. The number of aryl methyl sites for hydroxylation is 1. The molecule has 0 bridgehead atoms. The van der Waals surface area contributed by atoms with Crippen LogP contribution >= 0.6 is 0 Å². The molecular formula is C17H30N4O2. The minimum absolute atomic E-state index is 0.120. The van der Waals surface area contributed by atoms with Crippen LogP contribution in [-0.2, 0) is 11.2 Å². The van der Waals surface area contributed by atoms with Crippen molar-refractivity contribution in [3.8, 4) is 0 Å². The van der Waals surface area contributed by atoms with Crippen molar-refractivity contribution in [2.75, 3.05) is 5.32 Å². The minimum atomic E-state index is -0.374. The summed E-state index contributed by atoms with van der Waals surface area (Å²) in [4.78, 5) is 24.1. The van der Waals surface area contributed by atoms with E-state index in [-0.39, 0.29) is 17.2 Å². The highest BCUT2D eigenvalue weighted by molar-refractivity contribution is 5.90. The van der Waals surface area contributed by atoms with Crippen LogP contribution in [0.1, 0.15) is 77.8 Å². The number of rotatable bonds is 11. The van der Waals surface area contributed by atoms with E-state index in [4.69, 9.17) is 0 Å². The number of H-pyrrole nitrogens is 1. The lowest BCUT2D eigenvalue weighted by atomic mass is 9.97. The molecule has 0 saturated carbocycles. The first-order valence-electron chi connectivity index (χ1n) is 8.86. The van der Waals surface area contributed by atoms with Gasteiger partial charge in [0.2, 0.25) is 5.91 Å². The normalized spacial score (nSPS) is 11.0. The number of carbonyl (C=O) groups excluding carboxylic acids is 1. The first-order valence-corrected chi connectivity index (χ1v) is 8.86. The fraction of sp³-hybridized carbons (Fsp3) is 0.765. The number of anilines is 1. The number of hydrogen-bond acceptors (Lipinski definition) is 4. The Hall–Kier alpha value is -1.72. The van der Waals surface area contributed by atoms with Crippen molar-refractivity contribution < 1.29 is 4.79 Å². The number of unbranched alkanes of at least 4 members (excludes halogenated alkanes) is 3. The van der Waals surface area contributed by atoms with Gasteiger partial charge >= 0.3 is 0 Å². The summed E-state index contributed by atoms with van der Waals surface area (Å²) >= 11 is 0. The van der Waals surface area contributed by atoms with E-state index < -0.39 is 0 Å². The number of aromatic amines is 1. The fourth-order valence-electron chi connectivity index (χ4n) is 2.62. The lowest BCUT2D eigenvalue weighted by Gasteiger charge is -2.12. The molecule has 1 aromatic rings. The zero-order valence-corrected chi connectivity index (χ0v) is 14.7. The molecule has 0 unspecified atom stereocenters. The average molecular weight is 322 g/mol. The van der Waals surface area contributed by atoms with E-state index in [1.54, 1.807) is 0 Å². The molecule has 0 atom stereocenters. The third-order valence-electron chi connectivity index (χ3n) is 4.30. The second-order valence-electron chi connectivity index (χ2n) is 6.04. The van der Waals surface area contributed by atoms with Crippen LogP contribution < -0.4 is 10.9 Å². The maximum atomic E-state index is 12.1. The van der Waals surface area contributed by atoms with Gasteiger partial charge in [-0.25, -0.2) is 5.10 Å². The SMILES string of the molecule is CCCCCCc1nn[nH]c(=O)c1NC(=O)CCC(CC)CC. The standard InChI is InChI=1S/C17H30N4O2/c1-4-7-8-9-10-14-16(17(23)20-21-19-14)18-15(22)12-11-13(5-2)6-3/h13H,4-12H2,1-3H3,(H,18,21,22)(H,19,20,23). The molecule has 2 N–H and O–H groups in total. The largest absolute Gasteiger partial charge is 0.320 e. The topological polar surface area (TPSA) is 87.7 Å². The smallest absolute Gasteiger partial charge is 0.291 e. The van der Waals surface area contributed by atoms with Gasteiger partial charge in [0.05, 0.1) is 5.69 Å². The number of nitrogens with zero attached hydrogens (tertiary/aromatic N) is 2. The van der Waals surface area contributed by atoms with Gasteiger partial charge in [-0.15, -0.1) is 5.10 Å². The molecule has 1 aromatic heterocycles. The Bertz CT molecular complexity index is 524. The highest BCUT2D eigenvalue weighted by atomic mass is 16.2. The zero-order chi connectivity index (χ0) is 17.1. The minimum Gasteiger partial charge on any atom is -0.320 e. The molecule has 0 spiro atoms. The molecule has 0 saturated heterocycles. The second kappa shape index (κ2) is 10.9. The van der Waals surface area contributed by atoms with Crippen LogP contribution in [0.5, 0.6) is 0 Å². The summed E-state index contributed by atoms with van der Waals surface area (Å²) in [6.45, 7) is 6.43. The van der Waals surface area contributed by atoms with Gasteiger partial charge in [-0.05, 0) is 25.2 Å². The first-order chi connectivity index (χ1) is 11.1. The number of carbonyl (C=O) groups is 1. The van der Waals surface area contributed by atoms with E-state index in [1.165, 1.54) is 0 Å².